The zero-order valence-corrected chi connectivity index (χ0v) is 9.05. The van der Waals surface area contributed by atoms with Crippen LogP contribution in [0.4, 0.5) is 0 Å². The van der Waals surface area contributed by atoms with E-state index >= 15 is 0 Å². The summed E-state index contributed by atoms with van der Waals surface area (Å²) in [6, 6.07) is 6.10. The molecule has 1 fully saturated rings. The summed E-state index contributed by atoms with van der Waals surface area (Å²) in [4.78, 5) is 4.24. The van der Waals surface area contributed by atoms with Gasteiger partial charge in [0.05, 0.1) is 6.04 Å². The molecule has 0 amide bonds. The molecule has 0 N–H and O–H groups in total. The molecule has 0 bridgehead atoms. The average molecular weight is 214 g/mol. The fraction of sp³-hybridized carbons (Fsp3) is 0.333. The molecule has 1 radical (unpaired) electrons. The maximum Gasteiger partial charge on any atom is 0.155 e. The van der Waals surface area contributed by atoms with Crippen LogP contribution >= 0.6 is 0 Å². The SMILES string of the molecule is Cc1ncccc1-c1cc(C2CC[N]2)on1. The summed E-state index contributed by atoms with van der Waals surface area (Å²) in [6.07, 6.45) is 2.85. The van der Waals surface area contributed by atoms with Crippen molar-refractivity contribution in [3.05, 3.63) is 35.9 Å². The topological polar surface area (TPSA) is 53.0 Å². The standard InChI is InChI=1S/C12H12N3O/c1-8-9(3-2-5-13-8)11-7-12(16-15-11)10-4-6-14-10/h2-3,5,7,10H,4,6H2,1H3. The van der Waals surface area contributed by atoms with Crippen LogP contribution in [0.1, 0.15) is 23.9 Å². The van der Waals surface area contributed by atoms with Gasteiger partial charge in [-0.05, 0) is 25.5 Å². The Morgan fingerprint density at radius 2 is 2.31 bits per heavy atom. The van der Waals surface area contributed by atoms with Gasteiger partial charge in [-0.1, -0.05) is 5.16 Å². The second kappa shape index (κ2) is 3.72. The summed E-state index contributed by atoms with van der Waals surface area (Å²) in [5.41, 5.74) is 2.84. The van der Waals surface area contributed by atoms with Gasteiger partial charge < -0.3 is 4.52 Å². The van der Waals surface area contributed by atoms with Crippen molar-refractivity contribution in [1.29, 1.82) is 0 Å². The van der Waals surface area contributed by atoms with Crippen molar-refractivity contribution in [1.82, 2.24) is 15.5 Å². The fourth-order valence-corrected chi connectivity index (χ4v) is 1.82. The molecule has 0 aromatic carbocycles. The first-order valence-corrected chi connectivity index (χ1v) is 5.40. The van der Waals surface area contributed by atoms with E-state index in [1.165, 1.54) is 0 Å². The van der Waals surface area contributed by atoms with Crippen LogP contribution < -0.4 is 5.32 Å². The molecule has 1 aliphatic rings. The van der Waals surface area contributed by atoms with E-state index in [0.29, 0.717) is 0 Å². The Labute approximate surface area is 93.7 Å². The summed E-state index contributed by atoms with van der Waals surface area (Å²) in [5, 5.41) is 8.39. The summed E-state index contributed by atoms with van der Waals surface area (Å²) < 4.78 is 5.31. The third kappa shape index (κ3) is 1.51. The highest BCUT2D eigenvalue weighted by atomic mass is 16.5. The lowest BCUT2D eigenvalue weighted by Gasteiger charge is -2.21. The van der Waals surface area contributed by atoms with Crippen molar-refractivity contribution >= 4 is 0 Å². The first-order valence-electron chi connectivity index (χ1n) is 5.40. The molecule has 1 aliphatic heterocycles. The van der Waals surface area contributed by atoms with Crippen LogP contribution in [0.5, 0.6) is 0 Å². The van der Waals surface area contributed by atoms with E-state index in [0.717, 1.165) is 35.7 Å². The normalized spacial score (nSPS) is 19.4. The fourth-order valence-electron chi connectivity index (χ4n) is 1.82. The monoisotopic (exact) mass is 214 g/mol. The van der Waals surface area contributed by atoms with E-state index in [4.69, 9.17) is 4.52 Å². The molecule has 0 aliphatic carbocycles. The van der Waals surface area contributed by atoms with Crippen LogP contribution in [-0.4, -0.2) is 16.7 Å². The van der Waals surface area contributed by atoms with E-state index < -0.39 is 0 Å². The molecule has 2 aromatic heterocycles. The number of aromatic nitrogens is 2. The second-order valence-electron chi connectivity index (χ2n) is 3.96. The summed E-state index contributed by atoms with van der Waals surface area (Å²) in [6.45, 7) is 2.91. The predicted molar refractivity (Wildman–Crippen MR) is 58.8 cm³/mol. The van der Waals surface area contributed by atoms with Gasteiger partial charge in [-0.2, -0.15) is 0 Å². The molecule has 3 rings (SSSR count). The van der Waals surface area contributed by atoms with Gasteiger partial charge in [0.2, 0.25) is 0 Å². The van der Waals surface area contributed by atoms with Gasteiger partial charge in [0.1, 0.15) is 5.69 Å². The van der Waals surface area contributed by atoms with E-state index in [-0.39, 0.29) is 6.04 Å². The van der Waals surface area contributed by atoms with Gasteiger partial charge in [-0.25, -0.2) is 5.32 Å². The Balaban J connectivity index is 1.95. The molecule has 3 heterocycles. The summed E-state index contributed by atoms with van der Waals surface area (Å²) in [7, 11) is 0. The number of hydrogen-bond acceptors (Lipinski definition) is 3. The number of rotatable bonds is 2. The van der Waals surface area contributed by atoms with Crippen molar-refractivity contribution in [3.63, 3.8) is 0 Å². The van der Waals surface area contributed by atoms with Crippen molar-refractivity contribution < 1.29 is 4.52 Å². The van der Waals surface area contributed by atoms with Crippen LogP contribution in [0.3, 0.4) is 0 Å². The maximum atomic E-state index is 5.31. The van der Waals surface area contributed by atoms with E-state index in [9.17, 15) is 0 Å². The summed E-state index contributed by atoms with van der Waals surface area (Å²) in [5.74, 6) is 0.865. The molecule has 0 saturated carbocycles. The van der Waals surface area contributed by atoms with Crippen molar-refractivity contribution in [2.75, 3.05) is 6.54 Å². The van der Waals surface area contributed by atoms with E-state index in [2.05, 4.69) is 15.5 Å². The lowest BCUT2D eigenvalue weighted by molar-refractivity contribution is 0.276. The van der Waals surface area contributed by atoms with Crippen molar-refractivity contribution in [2.24, 2.45) is 0 Å². The first-order chi connectivity index (χ1) is 7.84. The van der Waals surface area contributed by atoms with Gasteiger partial charge in [0, 0.05) is 30.1 Å². The zero-order chi connectivity index (χ0) is 11.0. The van der Waals surface area contributed by atoms with Crippen LogP contribution in [0.25, 0.3) is 11.3 Å². The van der Waals surface area contributed by atoms with Crippen LogP contribution in [0.15, 0.2) is 28.9 Å². The lowest BCUT2D eigenvalue weighted by Crippen LogP contribution is -2.27. The number of pyridine rings is 1. The molecule has 1 saturated heterocycles. The number of aryl methyl sites for hydroxylation is 1. The zero-order valence-electron chi connectivity index (χ0n) is 9.05. The van der Waals surface area contributed by atoms with Crippen LogP contribution in [0, 0.1) is 6.92 Å². The quantitative estimate of drug-likeness (QED) is 0.769. The molecule has 2 aromatic rings. The van der Waals surface area contributed by atoms with Gasteiger partial charge >= 0.3 is 0 Å². The molecule has 0 spiro atoms. The van der Waals surface area contributed by atoms with Gasteiger partial charge in [0.25, 0.3) is 0 Å². The van der Waals surface area contributed by atoms with E-state index in [1.807, 2.05) is 25.1 Å². The Hall–Kier alpha value is -1.68. The molecule has 1 unspecified atom stereocenters. The molecular formula is C12H12N3O. The van der Waals surface area contributed by atoms with Gasteiger partial charge in [-0.3, -0.25) is 4.98 Å². The minimum absolute atomic E-state index is 0.221. The molecular weight excluding hydrogens is 202 g/mol. The molecule has 16 heavy (non-hydrogen) atoms. The number of nitrogens with zero attached hydrogens (tertiary/aromatic N) is 3. The highest BCUT2D eigenvalue weighted by molar-refractivity contribution is 5.61. The van der Waals surface area contributed by atoms with Crippen LogP contribution in [0.2, 0.25) is 0 Å². The molecule has 1 atom stereocenters. The Bertz CT molecular complexity index is 502. The Morgan fingerprint density at radius 1 is 1.44 bits per heavy atom. The van der Waals surface area contributed by atoms with Gasteiger partial charge in [-0.15, -0.1) is 0 Å². The third-order valence-corrected chi connectivity index (χ3v) is 2.89. The van der Waals surface area contributed by atoms with Crippen molar-refractivity contribution in [3.8, 4) is 11.3 Å². The maximum absolute atomic E-state index is 5.31. The largest absolute Gasteiger partial charge is 0.359 e. The summed E-state index contributed by atoms with van der Waals surface area (Å²) >= 11 is 0. The highest BCUT2D eigenvalue weighted by Gasteiger charge is 2.24. The molecule has 4 heteroatoms. The molecule has 4 nitrogen and oxygen atoms in total. The van der Waals surface area contributed by atoms with Gasteiger partial charge in [0.15, 0.2) is 5.76 Å². The Morgan fingerprint density at radius 3 is 3.00 bits per heavy atom. The molecule has 81 valence electrons. The minimum atomic E-state index is 0.221. The minimum Gasteiger partial charge on any atom is -0.359 e. The first kappa shape index (κ1) is 9.54. The average Bonchev–Trinajstić information content (AvgIpc) is 2.65. The second-order valence-corrected chi connectivity index (χ2v) is 3.96. The third-order valence-electron chi connectivity index (χ3n) is 2.89. The Kier molecular flexibility index (Phi) is 2.22. The van der Waals surface area contributed by atoms with E-state index in [1.54, 1.807) is 6.20 Å². The van der Waals surface area contributed by atoms with Crippen LogP contribution in [-0.2, 0) is 0 Å². The number of hydrogen-bond donors (Lipinski definition) is 0. The predicted octanol–water partition coefficient (Wildman–Crippen LogP) is 2.09. The van der Waals surface area contributed by atoms with Crippen molar-refractivity contribution in [2.45, 2.75) is 19.4 Å². The smallest absolute Gasteiger partial charge is 0.155 e. The highest BCUT2D eigenvalue weighted by Crippen LogP contribution is 2.29. The lowest BCUT2D eigenvalue weighted by atomic mass is 10.0.